The van der Waals surface area contributed by atoms with Crippen molar-refractivity contribution in [1.29, 1.82) is 10.5 Å². The minimum absolute atomic E-state index is 0.0135. The lowest BCUT2D eigenvalue weighted by Crippen LogP contribution is -2.50. The van der Waals surface area contributed by atoms with Crippen LogP contribution in [-0.4, -0.2) is 65.3 Å². The smallest absolute Gasteiger partial charge is 0.254 e. The third-order valence-electron chi connectivity index (χ3n) is 5.66. The van der Waals surface area contributed by atoms with Crippen LogP contribution in [0.5, 0.6) is 0 Å². The molecule has 34 heavy (non-hydrogen) atoms. The summed E-state index contributed by atoms with van der Waals surface area (Å²) in [5.41, 5.74) is 1.03. The number of nitriles is 2. The van der Waals surface area contributed by atoms with Gasteiger partial charge in [-0.1, -0.05) is 11.6 Å². The Labute approximate surface area is 204 Å². The van der Waals surface area contributed by atoms with Gasteiger partial charge in [0, 0.05) is 36.2 Å². The van der Waals surface area contributed by atoms with Crippen LogP contribution in [0.15, 0.2) is 18.3 Å². The fourth-order valence-electron chi connectivity index (χ4n) is 3.72. The first-order chi connectivity index (χ1) is 16.4. The van der Waals surface area contributed by atoms with Crippen molar-refractivity contribution >= 4 is 46.5 Å². The second-order valence-corrected chi connectivity index (χ2v) is 9.65. The number of nitrogens with zero attached hydrogens (tertiary/aromatic N) is 7. The Balaban J connectivity index is 1.56. The van der Waals surface area contributed by atoms with Gasteiger partial charge in [-0.25, -0.2) is 9.88 Å². The number of aliphatic hydroxyl groups is 2. The van der Waals surface area contributed by atoms with Crippen molar-refractivity contribution in [2.24, 2.45) is 0 Å². The summed E-state index contributed by atoms with van der Waals surface area (Å²) in [4.78, 5) is 10.3. The Morgan fingerprint density at radius 2 is 1.94 bits per heavy atom. The lowest BCUT2D eigenvalue weighted by Gasteiger charge is -2.38. The molecule has 0 spiro atoms. The van der Waals surface area contributed by atoms with E-state index in [1.54, 1.807) is 11.8 Å². The maximum absolute atomic E-state index is 11.0. The van der Waals surface area contributed by atoms with Crippen LogP contribution < -0.4 is 10.6 Å². The molecule has 1 aliphatic heterocycles. The number of imidazole rings is 1. The van der Waals surface area contributed by atoms with Gasteiger partial charge < -0.3 is 20.8 Å². The van der Waals surface area contributed by atoms with Crippen LogP contribution in [0.1, 0.15) is 29.7 Å². The van der Waals surface area contributed by atoms with Crippen LogP contribution in [0, 0.1) is 22.7 Å². The van der Waals surface area contributed by atoms with Crippen molar-refractivity contribution in [3.63, 3.8) is 0 Å². The molecule has 1 saturated heterocycles. The largest absolute Gasteiger partial charge is 0.364 e. The van der Waals surface area contributed by atoms with Crippen molar-refractivity contribution in [3.8, 4) is 12.1 Å². The van der Waals surface area contributed by atoms with E-state index in [0.717, 1.165) is 24.3 Å². The fourth-order valence-corrected chi connectivity index (χ4v) is 4.90. The van der Waals surface area contributed by atoms with Crippen molar-refractivity contribution in [2.45, 2.75) is 24.8 Å². The number of rotatable bonds is 6. The molecule has 3 aromatic rings. The van der Waals surface area contributed by atoms with Crippen LogP contribution >= 0.6 is 23.4 Å². The normalized spacial score (nSPS) is 16.7. The number of aromatic nitrogens is 4. The molecule has 0 bridgehead atoms. The number of benzene rings is 1. The number of anilines is 3. The molecule has 0 radical (unpaired) electrons. The molecule has 11 nitrogen and oxygen atoms in total. The molecule has 3 heterocycles. The second kappa shape index (κ2) is 8.91. The van der Waals surface area contributed by atoms with Gasteiger partial charge >= 0.3 is 0 Å². The van der Waals surface area contributed by atoms with Gasteiger partial charge in [0.1, 0.15) is 6.07 Å². The predicted octanol–water partition coefficient (Wildman–Crippen LogP) is 1.98. The van der Waals surface area contributed by atoms with Gasteiger partial charge in [-0.3, -0.25) is 0 Å². The molecule has 13 heteroatoms. The highest BCUT2D eigenvalue weighted by molar-refractivity contribution is 7.99. The molecule has 0 unspecified atom stereocenters. The van der Waals surface area contributed by atoms with E-state index in [4.69, 9.17) is 11.6 Å². The summed E-state index contributed by atoms with van der Waals surface area (Å²) >= 11 is 8.34. The lowest BCUT2D eigenvalue weighted by atomic mass is 10.1. The van der Waals surface area contributed by atoms with Gasteiger partial charge in [0.25, 0.3) is 5.91 Å². The molecule has 5 rings (SSSR count). The predicted molar refractivity (Wildman–Crippen MR) is 127 cm³/mol. The van der Waals surface area contributed by atoms with E-state index in [9.17, 15) is 20.7 Å². The zero-order valence-electron chi connectivity index (χ0n) is 17.9. The Bertz CT molecular complexity index is 1340. The zero-order valence-corrected chi connectivity index (χ0v) is 19.4. The van der Waals surface area contributed by atoms with E-state index in [1.807, 2.05) is 12.1 Å². The minimum Gasteiger partial charge on any atom is -0.364 e. The van der Waals surface area contributed by atoms with E-state index in [-0.39, 0.29) is 39.5 Å². The van der Waals surface area contributed by atoms with Gasteiger partial charge in [-0.05, 0) is 25.0 Å². The van der Waals surface area contributed by atoms with Crippen LogP contribution in [0.4, 0.5) is 17.5 Å². The average Bonchev–Trinajstić information content (AvgIpc) is 3.56. The topological polar surface area (TPSA) is 158 Å². The Morgan fingerprint density at radius 1 is 1.18 bits per heavy atom. The second-order valence-electron chi connectivity index (χ2n) is 8.05. The first kappa shape index (κ1) is 22.7. The zero-order chi connectivity index (χ0) is 23.9. The summed E-state index contributed by atoms with van der Waals surface area (Å²) in [6.45, 7) is 0.919. The molecule has 2 aliphatic rings. The van der Waals surface area contributed by atoms with E-state index < -0.39 is 5.91 Å². The highest BCUT2D eigenvalue weighted by Crippen LogP contribution is 2.37. The van der Waals surface area contributed by atoms with E-state index >= 15 is 0 Å². The molecule has 1 aliphatic carbocycles. The van der Waals surface area contributed by atoms with Crippen LogP contribution in [-0.2, 0) is 5.91 Å². The molecular formula is C21H20ClN9O2S. The number of thioether (sulfide) groups is 1. The number of nitrogens with one attached hydrogen (secondary N) is 2. The lowest BCUT2D eigenvalue weighted by molar-refractivity contribution is -0.273. The first-order valence-corrected chi connectivity index (χ1v) is 12.1. The third kappa shape index (κ3) is 4.22. The average molecular weight is 498 g/mol. The first-order valence-electron chi connectivity index (χ1n) is 10.6. The molecular weight excluding hydrogens is 478 g/mol. The minimum atomic E-state index is -2.36. The molecule has 0 atom stereocenters. The summed E-state index contributed by atoms with van der Waals surface area (Å²) < 4.78 is 1.37. The maximum Gasteiger partial charge on any atom is 0.254 e. The third-order valence-corrected chi connectivity index (χ3v) is 7.01. The summed E-state index contributed by atoms with van der Waals surface area (Å²) in [7, 11) is 0. The van der Waals surface area contributed by atoms with Crippen molar-refractivity contribution < 1.29 is 10.2 Å². The van der Waals surface area contributed by atoms with Crippen LogP contribution in [0.2, 0.25) is 5.02 Å². The highest BCUT2D eigenvalue weighted by atomic mass is 35.5. The summed E-state index contributed by atoms with van der Waals surface area (Å²) in [5.74, 6) is -0.299. The monoisotopic (exact) mass is 497 g/mol. The number of halogens is 1. The molecule has 2 fully saturated rings. The molecule has 2 aromatic heterocycles. The summed E-state index contributed by atoms with van der Waals surface area (Å²) in [6.07, 6.45) is 3.43. The van der Waals surface area contributed by atoms with Crippen LogP contribution in [0.25, 0.3) is 5.65 Å². The Hall–Kier alpha value is -3.13. The SMILES string of the molecule is N#Cc1cc(Nc2nc(NC3CC3)c3ncc(C#N)n3n2)c(Cl)c(C(O)(O)N2CCSCC2)c1. The maximum atomic E-state index is 11.0. The van der Waals surface area contributed by atoms with Gasteiger partial charge in [0.05, 0.1) is 28.5 Å². The van der Waals surface area contributed by atoms with Gasteiger partial charge in [-0.15, -0.1) is 5.10 Å². The fraction of sp³-hybridized carbons (Fsp3) is 0.381. The van der Waals surface area contributed by atoms with Crippen molar-refractivity contribution in [1.82, 2.24) is 24.5 Å². The van der Waals surface area contributed by atoms with E-state index in [2.05, 4.69) is 25.7 Å². The number of hydrogen-bond donors (Lipinski definition) is 4. The summed E-state index contributed by atoms with van der Waals surface area (Å²) in [5, 5.41) is 51.6. The van der Waals surface area contributed by atoms with Gasteiger partial charge in [0.2, 0.25) is 5.95 Å². The number of hydrogen-bond acceptors (Lipinski definition) is 11. The van der Waals surface area contributed by atoms with E-state index in [1.165, 1.54) is 27.7 Å². The van der Waals surface area contributed by atoms with Crippen LogP contribution in [0.3, 0.4) is 0 Å². The molecule has 4 N–H and O–H groups in total. The quantitative estimate of drug-likeness (QED) is 0.369. The highest BCUT2D eigenvalue weighted by Gasteiger charge is 2.38. The molecule has 1 aromatic carbocycles. The molecule has 0 amide bonds. The van der Waals surface area contributed by atoms with E-state index in [0.29, 0.717) is 24.6 Å². The molecule has 1 saturated carbocycles. The molecule has 174 valence electrons. The standard InChI is InChI=1S/C21H20ClN9O2S/c22-17-15(21(32,33)30-3-5-34-6-4-30)7-12(9-23)8-16(17)27-20-28-18(26-13-1-2-13)19-25-11-14(10-24)31(19)29-20/h7-8,11,13,32-33H,1-6H2,(H2,26,27,28,29). The van der Waals surface area contributed by atoms with Gasteiger partial charge in [-0.2, -0.15) is 31.8 Å². The Kier molecular flexibility index (Phi) is 5.93. The van der Waals surface area contributed by atoms with Crippen molar-refractivity contribution in [2.75, 3.05) is 35.2 Å². The van der Waals surface area contributed by atoms with Crippen molar-refractivity contribution in [3.05, 3.63) is 40.2 Å². The number of fused-ring (bicyclic) bond motifs is 1. The Morgan fingerprint density at radius 3 is 2.62 bits per heavy atom. The van der Waals surface area contributed by atoms with Gasteiger partial charge in [0.15, 0.2) is 17.2 Å². The summed E-state index contributed by atoms with van der Waals surface area (Å²) in [6, 6.07) is 7.20.